The van der Waals surface area contributed by atoms with Gasteiger partial charge in [-0.3, -0.25) is 4.79 Å². The van der Waals surface area contributed by atoms with Crippen LogP contribution in [0.1, 0.15) is 10.4 Å². The molecule has 3 N–H and O–H groups in total. The second kappa shape index (κ2) is 3.49. The van der Waals surface area contributed by atoms with Gasteiger partial charge < -0.3 is 15.5 Å². The highest BCUT2D eigenvalue weighted by Gasteiger charge is 2.18. The van der Waals surface area contributed by atoms with Crippen LogP contribution in [0.3, 0.4) is 0 Å². The summed E-state index contributed by atoms with van der Waals surface area (Å²) in [7, 11) is 1.38. The van der Waals surface area contributed by atoms with Gasteiger partial charge in [-0.05, 0) is 0 Å². The van der Waals surface area contributed by atoms with Crippen molar-refractivity contribution in [3.63, 3.8) is 0 Å². The number of carbonyl (C=O) groups is 1. The summed E-state index contributed by atoms with van der Waals surface area (Å²) in [6.45, 7) is 0. The monoisotopic (exact) mass is 202 g/mol. The topological polar surface area (TPSA) is 82.5 Å². The molecule has 1 heterocycles. The van der Waals surface area contributed by atoms with Crippen molar-refractivity contribution in [1.29, 1.82) is 0 Å². The lowest BCUT2D eigenvalue weighted by atomic mass is 10.2. The number of aromatic nitrogens is 1. The van der Waals surface area contributed by atoms with Crippen LogP contribution in [0.15, 0.2) is 6.20 Å². The molecule has 1 aromatic heterocycles. The van der Waals surface area contributed by atoms with Gasteiger partial charge >= 0.3 is 0 Å². The highest BCUT2D eigenvalue weighted by Crippen LogP contribution is 2.31. The van der Waals surface area contributed by atoms with Crippen LogP contribution in [-0.2, 0) is 0 Å². The molecule has 0 aliphatic rings. The molecule has 0 aliphatic heterocycles. The summed E-state index contributed by atoms with van der Waals surface area (Å²) in [5.41, 5.74) is -0.232. The third-order valence-electron chi connectivity index (χ3n) is 1.44. The fourth-order valence-electron chi connectivity index (χ4n) is 0.796. The average molecular weight is 203 g/mol. The van der Waals surface area contributed by atoms with Gasteiger partial charge in [0.1, 0.15) is 10.7 Å². The highest BCUT2D eigenvalue weighted by molar-refractivity contribution is 6.33. The first kappa shape index (κ1) is 9.60. The number of nitrogens with zero attached hydrogens (tertiary/aromatic N) is 1. The molecular formula is C7H7ClN2O3. The van der Waals surface area contributed by atoms with Gasteiger partial charge in [0.05, 0.1) is 6.20 Å². The van der Waals surface area contributed by atoms with Gasteiger partial charge in [-0.2, -0.15) is 0 Å². The van der Waals surface area contributed by atoms with Crippen molar-refractivity contribution in [3.05, 3.63) is 16.9 Å². The van der Waals surface area contributed by atoms with E-state index >= 15 is 0 Å². The molecule has 0 saturated heterocycles. The first-order valence-electron chi connectivity index (χ1n) is 3.36. The quantitative estimate of drug-likeness (QED) is 0.580. The Balaban J connectivity index is 3.33. The van der Waals surface area contributed by atoms with E-state index in [4.69, 9.17) is 16.7 Å². The first-order chi connectivity index (χ1) is 6.07. The number of halogens is 1. The Bertz CT molecular complexity index is 354. The highest BCUT2D eigenvalue weighted by atomic mass is 35.5. The molecule has 6 heteroatoms. The van der Waals surface area contributed by atoms with Crippen molar-refractivity contribution in [1.82, 2.24) is 10.3 Å². The van der Waals surface area contributed by atoms with E-state index in [9.17, 15) is 9.90 Å². The van der Waals surface area contributed by atoms with Gasteiger partial charge in [0.2, 0.25) is 0 Å². The van der Waals surface area contributed by atoms with E-state index in [0.717, 1.165) is 6.20 Å². The van der Waals surface area contributed by atoms with E-state index in [0.29, 0.717) is 0 Å². The lowest BCUT2D eigenvalue weighted by Crippen LogP contribution is -2.18. The zero-order chi connectivity index (χ0) is 10.0. The van der Waals surface area contributed by atoms with Crippen LogP contribution < -0.4 is 5.32 Å². The Hall–Kier alpha value is -1.49. The summed E-state index contributed by atoms with van der Waals surface area (Å²) in [5, 5.41) is 20.4. The zero-order valence-electron chi connectivity index (χ0n) is 6.71. The normalized spacial score (nSPS) is 9.69. The average Bonchev–Trinajstić information content (AvgIpc) is 2.12. The summed E-state index contributed by atoms with van der Waals surface area (Å²) in [5.74, 6) is -1.66. The summed E-state index contributed by atoms with van der Waals surface area (Å²) < 4.78 is 0. The SMILES string of the molecule is CNC(=O)c1c(Cl)ncc(O)c1O. The molecule has 0 bridgehead atoms. The number of amides is 1. The van der Waals surface area contributed by atoms with Crippen molar-refractivity contribution in [2.75, 3.05) is 7.05 Å². The van der Waals surface area contributed by atoms with E-state index < -0.39 is 17.4 Å². The summed E-state index contributed by atoms with van der Waals surface area (Å²) in [6.07, 6.45) is 0.962. The lowest BCUT2D eigenvalue weighted by molar-refractivity contribution is 0.0959. The molecule has 0 atom stereocenters. The maximum Gasteiger partial charge on any atom is 0.258 e. The van der Waals surface area contributed by atoms with Crippen LogP contribution in [0.2, 0.25) is 5.15 Å². The molecule has 5 nitrogen and oxygen atoms in total. The van der Waals surface area contributed by atoms with Gasteiger partial charge in [0, 0.05) is 7.05 Å². The number of hydrogen-bond acceptors (Lipinski definition) is 4. The van der Waals surface area contributed by atoms with E-state index in [1.54, 1.807) is 0 Å². The molecule has 1 aromatic rings. The van der Waals surface area contributed by atoms with E-state index in [1.165, 1.54) is 7.05 Å². The number of hydrogen-bond donors (Lipinski definition) is 3. The fourth-order valence-corrected chi connectivity index (χ4v) is 1.02. The smallest absolute Gasteiger partial charge is 0.258 e. The summed E-state index contributed by atoms with van der Waals surface area (Å²) >= 11 is 5.53. The molecule has 0 aromatic carbocycles. The molecule has 0 unspecified atom stereocenters. The molecule has 0 spiro atoms. The lowest BCUT2D eigenvalue weighted by Gasteiger charge is -2.05. The number of pyridine rings is 1. The first-order valence-corrected chi connectivity index (χ1v) is 3.74. The minimum atomic E-state index is -0.606. The number of carbonyl (C=O) groups excluding carboxylic acids is 1. The van der Waals surface area contributed by atoms with Crippen molar-refractivity contribution < 1.29 is 15.0 Å². The van der Waals surface area contributed by atoms with E-state index in [2.05, 4.69) is 10.3 Å². The molecule has 0 saturated carbocycles. The Kier molecular flexibility index (Phi) is 2.57. The fraction of sp³-hybridized carbons (Fsp3) is 0.143. The van der Waals surface area contributed by atoms with Crippen molar-refractivity contribution in [2.24, 2.45) is 0 Å². The second-order valence-corrected chi connectivity index (χ2v) is 2.59. The minimum absolute atomic E-state index is 0.158. The minimum Gasteiger partial charge on any atom is -0.504 e. The standard InChI is InChI=1S/C7H7ClN2O3/c1-9-7(13)4-5(12)3(11)2-10-6(4)8/h2,11H,1H3,(H,9,13)(H,10,12). The van der Waals surface area contributed by atoms with Gasteiger partial charge in [-0.25, -0.2) is 4.98 Å². The third-order valence-corrected chi connectivity index (χ3v) is 1.73. The summed E-state index contributed by atoms with van der Waals surface area (Å²) in [4.78, 5) is 14.6. The van der Waals surface area contributed by atoms with Crippen LogP contribution in [0.5, 0.6) is 11.5 Å². The third kappa shape index (κ3) is 1.65. The summed E-state index contributed by atoms with van der Waals surface area (Å²) in [6, 6.07) is 0. The Morgan fingerprint density at radius 3 is 2.77 bits per heavy atom. The predicted molar refractivity (Wildman–Crippen MR) is 46.0 cm³/mol. The van der Waals surface area contributed by atoms with Crippen molar-refractivity contribution in [2.45, 2.75) is 0 Å². The Morgan fingerprint density at radius 1 is 1.62 bits per heavy atom. The molecule has 1 amide bonds. The van der Waals surface area contributed by atoms with Crippen LogP contribution in [0.4, 0.5) is 0 Å². The maximum absolute atomic E-state index is 11.1. The van der Waals surface area contributed by atoms with Gasteiger partial charge in [-0.15, -0.1) is 0 Å². The van der Waals surface area contributed by atoms with Gasteiger partial charge in [0.15, 0.2) is 11.5 Å². The molecule has 0 fully saturated rings. The number of rotatable bonds is 1. The molecule has 0 aliphatic carbocycles. The van der Waals surface area contributed by atoms with E-state index in [-0.39, 0.29) is 10.7 Å². The maximum atomic E-state index is 11.1. The Labute approximate surface area is 79.0 Å². The van der Waals surface area contributed by atoms with Crippen molar-refractivity contribution >= 4 is 17.5 Å². The molecule has 1 rings (SSSR count). The molecular weight excluding hydrogens is 196 g/mol. The van der Waals surface area contributed by atoms with Gasteiger partial charge in [-0.1, -0.05) is 11.6 Å². The number of aromatic hydroxyl groups is 2. The van der Waals surface area contributed by atoms with Crippen molar-refractivity contribution in [3.8, 4) is 11.5 Å². The largest absolute Gasteiger partial charge is 0.504 e. The molecule has 0 radical (unpaired) electrons. The molecule has 70 valence electrons. The predicted octanol–water partition coefficient (Wildman–Crippen LogP) is 0.506. The van der Waals surface area contributed by atoms with Crippen LogP contribution in [-0.4, -0.2) is 28.2 Å². The van der Waals surface area contributed by atoms with Crippen LogP contribution in [0.25, 0.3) is 0 Å². The zero-order valence-corrected chi connectivity index (χ0v) is 7.46. The second-order valence-electron chi connectivity index (χ2n) is 2.24. The van der Waals surface area contributed by atoms with Crippen LogP contribution in [0, 0.1) is 0 Å². The van der Waals surface area contributed by atoms with Crippen LogP contribution >= 0.6 is 11.6 Å². The van der Waals surface area contributed by atoms with E-state index in [1.807, 2.05) is 0 Å². The number of nitrogens with one attached hydrogen (secondary N) is 1. The Morgan fingerprint density at radius 2 is 2.23 bits per heavy atom. The molecule has 13 heavy (non-hydrogen) atoms. The van der Waals surface area contributed by atoms with Gasteiger partial charge in [0.25, 0.3) is 5.91 Å².